The number of nitrogens with zero attached hydrogens (tertiary/aromatic N) is 5. The number of thiophene rings is 1. The molecule has 0 saturated carbocycles. The third-order valence-electron chi connectivity index (χ3n) is 2.54. The molecule has 3 aromatic heterocycles. The molecule has 3 heterocycles. The van der Waals surface area contributed by atoms with Gasteiger partial charge >= 0.3 is 5.69 Å². The number of rotatable bonds is 3. The van der Waals surface area contributed by atoms with Crippen molar-refractivity contribution in [3.63, 3.8) is 0 Å². The molecule has 1 amide bonds. The van der Waals surface area contributed by atoms with E-state index in [2.05, 4.69) is 15.3 Å². The molecule has 2 N–H and O–H groups in total. The lowest BCUT2D eigenvalue weighted by molar-refractivity contribution is 0.0997. The van der Waals surface area contributed by atoms with Crippen LogP contribution in [0, 0.1) is 0 Å². The zero-order valence-electron chi connectivity index (χ0n) is 9.55. The van der Waals surface area contributed by atoms with Crippen molar-refractivity contribution in [2.75, 3.05) is 0 Å². The largest absolute Gasteiger partial charge is 0.364 e. The summed E-state index contributed by atoms with van der Waals surface area (Å²) in [6.07, 6.45) is 1.22. The molecule has 0 saturated heterocycles. The average molecular weight is 276 g/mol. The molecule has 0 bridgehead atoms. The summed E-state index contributed by atoms with van der Waals surface area (Å²) in [5.74, 6) is -0.743. The van der Waals surface area contributed by atoms with Gasteiger partial charge in [0.25, 0.3) is 5.91 Å². The van der Waals surface area contributed by atoms with Crippen molar-refractivity contribution in [2.45, 2.75) is 6.54 Å². The van der Waals surface area contributed by atoms with Crippen LogP contribution >= 0.6 is 11.3 Å². The van der Waals surface area contributed by atoms with Crippen molar-refractivity contribution < 1.29 is 4.79 Å². The van der Waals surface area contributed by atoms with Crippen LogP contribution in [0.5, 0.6) is 0 Å². The monoisotopic (exact) mass is 276 g/mol. The van der Waals surface area contributed by atoms with Gasteiger partial charge in [-0.05, 0) is 11.4 Å². The van der Waals surface area contributed by atoms with Gasteiger partial charge in [0.15, 0.2) is 11.3 Å². The number of aromatic nitrogens is 5. The van der Waals surface area contributed by atoms with Gasteiger partial charge in [0, 0.05) is 4.88 Å². The quantitative estimate of drug-likeness (QED) is 0.693. The molecule has 3 aromatic rings. The normalized spacial score (nSPS) is 10.9. The van der Waals surface area contributed by atoms with E-state index in [-0.39, 0.29) is 11.3 Å². The smallest absolute Gasteiger partial charge is 0.353 e. The van der Waals surface area contributed by atoms with E-state index in [0.717, 1.165) is 9.28 Å². The van der Waals surface area contributed by atoms with Gasteiger partial charge in [0.2, 0.25) is 0 Å². The summed E-state index contributed by atoms with van der Waals surface area (Å²) in [4.78, 5) is 28.0. The van der Waals surface area contributed by atoms with Crippen molar-refractivity contribution in [3.8, 4) is 0 Å². The molecule has 0 atom stereocenters. The van der Waals surface area contributed by atoms with Crippen molar-refractivity contribution >= 4 is 22.9 Å². The summed E-state index contributed by atoms with van der Waals surface area (Å²) >= 11 is 1.52. The van der Waals surface area contributed by atoms with E-state index < -0.39 is 11.6 Å². The highest BCUT2D eigenvalue weighted by molar-refractivity contribution is 7.09. The fourth-order valence-electron chi connectivity index (χ4n) is 1.66. The lowest BCUT2D eigenvalue weighted by Crippen LogP contribution is -2.30. The molecule has 0 unspecified atom stereocenters. The van der Waals surface area contributed by atoms with Gasteiger partial charge in [-0.3, -0.25) is 4.79 Å². The van der Waals surface area contributed by atoms with E-state index in [1.54, 1.807) is 0 Å². The zero-order chi connectivity index (χ0) is 13.4. The minimum Gasteiger partial charge on any atom is -0.364 e. The van der Waals surface area contributed by atoms with E-state index in [1.165, 1.54) is 22.3 Å². The molecule has 96 valence electrons. The average Bonchev–Trinajstić information content (AvgIpc) is 3.01. The first kappa shape index (κ1) is 11.5. The van der Waals surface area contributed by atoms with Gasteiger partial charge in [-0.15, -0.1) is 16.4 Å². The number of amides is 1. The minimum atomic E-state index is -0.743. The Morgan fingerprint density at radius 1 is 1.47 bits per heavy atom. The highest BCUT2D eigenvalue weighted by atomic mass is 32.1. The minimum absolute atomic E-state index is 0.0622. The van der Waals surface area contributed by atoms with Crippen molar-refractivity contribution in [3.05, 3.63) is 44.9 Å². The molecule has 19 heavy (non-hydrogen) atoms. The first-order valence-corrected chi connectivity index (χ1v) is 6.18. The second kappa shape index (κ2) is 4.28. The number of primary amides is 1. The summed E-state index contributed by atoms with van der Waals surface area (Å²) in [6, 6.07) is 3.78. The first-order valence-electron chi connectivity index (χ1n) is 5.30. The Kier molecular flexibility index (Phi) is 2.60. The second-order valence-corrected chi connectivity index (χ2v) is 4.79. The molecule has 9 heteroatoms. The number of imidazole rings is 1. The number of hydrogen-bond donors (Lipinski definition) is 1. The number of carbonyl (C=O) groups excluding carboxylic acids is 1. The molecular weight excluding hydrogens is 268 g/mol. The summed E-state index contributed by atoms with van der Waals surface area (Å²) < 4.78 is 2.35. The van der Waals surface area contributed by atoms with Gasteiger partial charge in [-0.1, -0.05) is 11.3 Å². The third kappa shape index (κ3) is 1.89. The molecule has 0 spiro atoms. The van der Waals surface area contributed by atoms with E-state index in [4.69, 9.17) is 5.73 Å². The maximum atomic E-state index is 12.1. The summed E-state index contributed by atoms with van der Waals surface area (Å²) in [5, 5.41) is 9.52. The Hall–Kier alpha value is -2.55. The van der Waals surface area contributed by atoms with Crippen molar-refractivity contribution in [2.24, 2.45) is 5.73 Å². The van der Waals surface area contributed by atoms with Gasteiger partial charge in [0.05, 0.1) is 6.54 Å². The molecule has 0 fully saturated rings. The Morgan fingerprint density at radius 3 is 3.00 bits per heavy atom. The third-order valence-corrected chi connectivity index (χ3v) is 3.40. The fourth-order valence-corrected chi connectivity index (χ4v) is 2.35. The molecule has 0 aliphatic rings. The Balaban J connectivity index is 2.12. The molecule has 0 aliphatic heterocycles. The maximum Gasteiger partial charge on any atom is 0.353 e. The van der Waals surface area contributed by atoms with Crippen LogP contribution in [0.25, 0.3) is 5.65 Å². The van der Waals surface area contributed by atoms with Crippen LogP contribution in [0.2, 0.25) is 0 Å². The highest BCUT2D eigenvalue weighted by Crippen LogP contribution is 2.09. The lowest BCUT2D eigenvalue weighted by atomic mass is 10.4. The van der Waals surface area contributed by atoms with Gasteiger partial charge in [0.1, 0.15) is 6.33 Å². The maximum absolute atomic E-state index is 12.1. The van der Waals surface area contributed by atoms with E-state index in [9.17, 15) is 9.59 Å². The van der Waals surface area contributed by atoms with Gasteiger partial charge in [-0.2, -0.15) is 4.68 Å². The zero-order valence-corrected chi connectivity index (χ0v) is 10.4. The Morgan fingerprint density at radius 2 is 2.32 bits per heavy atom. The van der Waals surface area contributed by atoms with Crippen LogP contribution in [0.15, 0.2) is 28.6 Å². The number of fused-ring (bicyclic) bond motifs is 1. The van der Waals surface area contributed by atoms with E-state index in [0.29, 0.717) is 6.54 Å². The Bertz CT molecular complexity index is 803. The molecule has 8 nitrogen and oxygen atoms in total. The summed E-state index contributed by atoms with van der Waals surface area (Å²) in [7, 11) is 0. The van der Waals surface area contributed by atoms with Crippen LogP contribution in [-0.2, 0) is 6.54 Å². The summed E-state index contributed by atoms with van der Waals surface area (Å²) in [6.45, 7) is 0.323. The first-order chi connectivity index (χ1) is 9.16. The highest BCUT2D eigenvalue weighted by Gasteiger charge is 2.15. The summed E-state index contributed by atoms with van der Waals surface area (Å²) in [5.41, 5.74) is 4.72. The number of nitrogens with two attached hydrogens (primary N) is 1. The number of carbonyl (C=O) groups is 1. The number of hydrogen-bond acceptors (Lipinski definition) is 6. The standard InChI is InChI=1S/C10H8N6O2S/c11-8(17)7-9-13-14-16(4-6-2-1-3-19-6)10(18)15(9)5-12-7/h1-3,5H,4H2,(H2,11,17). The van der Waals surface area contributed by atoms with Crippen molar-refractivity contribution in [1.29, 1.82) is 0 Å². The van der Waals surface area contributed by atoms with Crippen LogP contribution in [0.3, 0.4) is 0 Å². The van der Waals surface area contributed by atoms with E-state index >= 15 is 0 Å². The molecule has 0 radical (unpaired) electrons. The second-order valence-electron chi connectivity index (χ2n) is 3.76. The molecule has 0 aromatic carbocycles. The van der Waals surface area contributed by atoms with Crippen LogP contribution in [0.1, 0.15) is 15.4 Å². The van der Waals surface area contributed by atoms with Gasteiger partial charge in [-0.25, -0.2) is 14.2 Å². The van der Waals surface area contributed by atoms with Crippen LogP contribution in [-0.4, -0.2) is 30.3 Å². The fraction of sp³-hybridized carbons (Fsp3) is 0.100. The Labute approximate surface area is 110 Å². The van der Waals surface area contributed by atoms with Crippen LogP contribution in [0.4, 0.5) is 0 Å². The lowest BCUT2D eigenvalue weighted by Gasteiger charge is -2.01. The molecule has 0 aliphatic carbocycles. The van der Waals surface area contributed by atoms with E-state index in [1.807, 2.05) is 17.5 Å². The van der Waals surface area contributed by atoms with Crippen LogP contribution < -0.4 is 11.4 Å². The molecular formula is C10H8N6O2S. The van der Waals surface area contributed by atoms with Gasteiger partial charge < -0.3 is 5.73 Å². The SMILES string of the molecule is NC(=O)c1ncn2c(=O)n(Cc3cccs3)nnc12. The predicted octanol–water partition coefficient (Wildman–Crippen LogP) is -0.505. The predicted molar refractivity (Wildman–Crippen MR) is 67.0 cm³/mol. The molecule has 3 rings (SSSR count). The topological polar surface area (TPSA) is 108 Å². The van der Waals surface area contributed by atoms with Crippen molar-refractivity contribution in [1.82, 2.24) is 24.4 Å².